The van der Waals surface area contributed by atoms with Crippen molar-refractivity contribution in [1.82, 2.24) is 25.1 Å². The quantitative estimate of drug-likeness (QED) is 0.849. The van der Waals surface area contributed by atoms with Crippen molar-refractivity contribution in [3.05, 3.63) is 28.2 Å². The van der Waals surface area contributed by atoms with Gasteiger partial charge in [-0.2, -0.15) is 24.5 Å². The van der Waals surface area contributed by atoms with Gasteiger partial charge in [0.1, 0.15) is 6.54 Å². The van der Waals surface area contributed by atoms with Crippen LogP contribution in [0.15, 0.2) is 16.8 Å². The van der Waals surface area contributed by atoms with Gasteiger partial charge in [0, 0.05) is 13.1 Å². The van der Waals surface area contributed by atoms with Crippen molar-refractivity contribution in [3.63, 3.8) is 0 Å². The van der Waals surface area contributed by atoms with Crippen LogP contribution >= 0.6 is 11.3 Å². The Balaban J connectivity index is 1.69. The van der Waals surface area contributed by atoms with Gasteiger partial charge in [-0.3, -0.25) is 4.90 Å². The van der Waals surface area contributed by atoms with Gasteiger partial charge < -0.3 is 4.74 Å². The van der Waals surface area contributed by atoms with Crippen molar-refractivity contribution < 1.29 is 17.9 Å². The van der Waals surface area contributed by atoms with Crippen molar-refractivity contribution in [2.24, 2.45) is 0 Å². The van der Waals surface area contributed by atoms with Gasteiger partial charge in [-0.1, -0.05) is 0 Å². The van der Waals surface area contributed by atoms with Crippen LogP contribution in [0.3, 0.4) is 0 Å². The molecule has 0 spiro atoms. The highest BCUT2D eigenvalue weighted by atomic mass is 32.1. The molecule has 3 heterocycles. The van der Waals surface area contributed by atoms with E-state index in [0.29, 0.717) is 13.1 Å². The summed E-state index contributed by atoms with van der Waals surface area (Å²) in [4.78, 5) is 2.02. The minimum Gasteiger partial charge on any atom is -0.368 e. The summed E-state index contributed by atoms with van der Waals surface area (Å²) in [6.07, 6.45) is -4.45. The SMILES string of the molecule is C[C@H]1CN(Cc2nnnn2CC(F)(F)F)C[C@@H](c2ccsc2)O1. The van der Waals surface area contributed by atoms with Gasteiger partial charge in [0.05, 0.1) is 18.8 Å². The van der Waals surface area contributed by atoms with E-state index in [1.165, 1.54) is 0 Å². The van der Waals surface area contributed by atoms with E-state index in [4.69, 9.17) is 4.74 Å². The van der Waals surface area contributed by atoms with Crippen LogP contribution in [0.4, 0.5) is 13.2 Å². The number of morpholine rings is 1. The number of halogens is 3. The predicted molar refractivity (Wildman–Crippen MR) is 76.8 cm³/mol. The fourth-order valence-corrected chi connectivity index (χ4v) is 3.34. The predicted octanol–water partition coefficient (Wildman–Crippen LogP) is 2.26. The highest BCUT2D eigenvalue weighted by Gasteiger charge is 2.32. The third-order valence-electron chi connectivity index (χ3n) is 3.55. The average Bonchev–Trinajstić information content (AvgIpc) is 3.09. The molecule has 23 heavy (non-hydrogen) atoms. The Morgan fingerprint density at radius 2 is 2.22 bits per heavy atom. The summed E-state index contributed by atoms with van der Waals surface area (Å²) in [5.74, 6) is 0.209. The number of ether oxygens (including phenoxy) is 1. The number of tetrazole rings is 1. The van der Waals surface area contributed by atoms with E-state index in [1.54, 1.807) is 11.3 Å². The molecule has 3 rings (SSSR count). The Morgan fingerprint density at radius 3 is 2.91 bits per heavy atom. The van der Waals surface area contributed by atoms with Crippen molar-refractivity contribution in [2.75, 3.05) is 13.1 Å². The monoisotopic (exact) mass is 347 g/mol. The van der Waals surface area contributed by atoms with Crippen LogP contribution in [-0.2, 0) is 17.8 Å². The van der Waals surface area contributed by atoms with Gasteiger partial charge in [0.2, 0.25) is 0 Å². The summed E-state index contributed by atoms with van der Waals surface area (Å²) in [6, 6.07) is 2.00. The molecule has 1 saturated heterocycles. The van der Waals surface area contributed by atoms with Crippen molar-refractivity contribution in [1.29, 1.82) is 0 Å². The summed E-state index contributed by atoms with van der Waals surface area (Å²) in [5, 5.41) is 14.5. The summed E-state index contributed by atoms with van der Waals surface area (Å²) in [6.45, 7) is 2.25. The molecule has 2 aromatic rings. The number of alkyl halides is 3. The van der Waals surface area contributed by atoms with Crippen molar-refractivity contribution in [3.8, 4) is 0 Å². The van der Waals surface area contributed by atoms with Crippen LogP contribution in [0.2, 0.25) is 0 Å². The molecule has 0 radical (unpaired) electrons. The number of thiophene rings is 1. The number of hydrogen-bond donors (Lipinski definition) is 0. The molecule has 6 nitrogen and oxygen atoms in total. The molecule has 0 unspecified atom stereocenters. The molecule has 0 N–H and O–H groups in total. The number of rotatable bonds is 4. The fourth-order valence-electron chi connectivity index (χ4n) is 2.64. The summed E-state index contributed by atoms with van der Waals surface area (Å²) >= 11 is 1.59. The molecule has 0 amide bonds. The molecule has 1 aliphatic heterocycles. The van der Waals surface area contributed by atoms with Crippen LogP contribution in [0.1, 0.15) is 24.4 Å². The first kappa shape index (κ1) is 16.3. The van der Waals surface area contributed by atoms with E-state index in [2.05, 4.69) is 15.5 Å². The van der Waals surface area contributed by atoms with E-state index < -0.39 is 12.7 Å². The van der Waals surface area contributed by atoms with Gasteiger partial charge in [-0.25, -0.2) is 4.68 Å². The smallest absolute Gasteiger partial charge is 0.368 e. The standard InChI is InChI=1S/C13H16F3N5OS/c1-9-4-20(5-11(22-9)10-2-3-23-7-10)6-12-17-18-19-21(12)8-13(14,15)16/h2-3,7,9,11H,4-6,8H2,1H3/t9-,11-/m0/s1. The topological polar surface area (TPSA) is 56.1 Å². The summed E-state index contributed by atoms with van der Waals surface area (Å²) in [7, 11) is 0. The molecule has 0 aromatic carbocycles. The number of nitrogens with zero attached hydrogens (tertiary/aromatic N) is 5. The lowest BCUT2D eigenvalue weighted by atomic mass is 10.1. The maximum absolute atomic E-state index is 12.5. The van der Waals surface area contributed by atoms with Crippen molar-refractivity contribution >= 4 is 11.3 Å². The summed E-state index contributed by atoms with van der Waals surface area (Å²) in [5.41, 5.74) is 1.08. The number of hydrogen-bond acceptors (Lipinski definition) is 6. The van der Waals surface area contributed by atoms with Gasteiger partial charge >= 0.3 is 6.18 Å². The Hall–Kier alpha value is -1.52. The second kappa shape index (κ2) is 6.54. The van der Waals surface area contributed by atoms with E-state index in [1.807, 2.05) is 28.7 Å². The molecule has 2 atom stereocenters. The molecular weight excluding hydrogens is 331 g/mol. The first-order valence-corrected chi connectivity index (χ1v) is 8.07. The van der Waals surface area contributed by atoms with Gasteiger partial charge in [0.15, 0.2) is 5.82 Å². The molecule has 1 fully saturated rings. The van der Waals surface area contributed by atoms with Crippen LogP contribution in [0.5, 0.6) is 0 Å². The minimum atomic E-state index is -4.35. The second-order valence-corrected chi connectivity index (χ2v) is 6.33. The second-order valence-electron chi connectivity index (χ2n) is 5.55. The fraction of sp³-hybridized carbons (Fsp3) is 0.615. The highest BCUT2D eigenvalue weighted by molar-refractivity contribution is 7.07. The average molecular weight is 347 g/mol. The molecule has 2 aromatic heterocycles. The third kappa shape index (κ3) is 4.27. The normalized spacial score (nSPS) is 23.3. The zero-order valence-corrected chi connectivity index (χ0v) is 13.2. The van der Waals surface area contributed by atoms with Gasteiger partial charge in [0.25, 0.3) is 0 Å². The summed E-state index contributed by atoms with van der Waals surface area (Å²) < 4.78 is 44.3. The lowest BCUT2D eigenvalue weighted by Crippen LogP contribution is -2.42. The third-order valence-corrected chi connectivity index (χ3v) is 4.25. The molecule has 0 saturated carbocycles. The first-order chi connectivity index (χ1) is 10.9. The molecule has 0 bridgehead atoms. The van der Waals surface area contributed by atoms with Crippen LogP contribution < -0.4 is 0 Å². The molecule has 0 aliphatic carbocycles. The lowest BCUT2D eigenvalue weighted by Gasteiger charge is -2.36. The van der Waals surface area contributed by atoms with Crippen LogP contribution in [-0.4, -0.2) is 50.5 Å². The Kier molecular flexibility index (Phi) is 4.64. The minimum absolute atomic E-state index is 0.0133. The molecule has 1 aliphatic rings. The molecule has 126 valence electrons. The zero-order valence-electron chi connectivity index (χ0n) is 12.4. The molecule has 10 heteroatoms. The lowest BCUT2D eigenvalue weighted by molar-refractivity contribution is -0.143. The zero-order chi connectivity index (χ0) is 16.4. The Morgan fingerprint density at radius 1 is 1.39 bits per heavy atom. The first-order valence-electron chi connectivity index (χ1n) is 7.12. The maximum Gasteiger partial charge on any atom is 0.408 e. The number of aromatic nitrogens is 4. The Labute approximate surface area is 134 Å². The van der Waals surface area contributed by atoms with E-state index in [-0.39, 0.29) is 24.6 Å². The largest absolute Gasteiger partial charge is 0.408 e. The van der Waals surface area contributed by atoms with Gasteiger partial charge in [-0.05, 0) is 39.7 Å². The van der Waals surface area contributed by atoms with E-state index in [0.717, 1.165) is 10.2 Å². The van der Waals surface area contributed by atoms with Crippen LogP contribution in [0, 0.1) is 0 Å². The van der Waals surface area contributed by atoms with E-state index >= 15 is 0 Å². The van der Waals surface area contributed by atoms with Gasteiger partial charge in [-0.15, -0.1) is 5.10 Å². The molecular formula is C13H16F3N5OS. The highest BCUT2D eigenvalue weighted by Crippen LogP contribution is 2.27. The maximum atomic E-state index is 12.5. The van der Waals surface area contributed by atoms with Crippen molar-refractivity contribution in [2.45, 2.75) is 38.4 Å². The van der Waals surface area contributed by atoms with Crippen LogP contribution in [0.25, 0.3) is 0 Å². The van der Waals surface area contributed by atoms with E-state index in [9.17, 15) is 13.2 Å². The Bertz CT molecular complexity index is 630.